The van der Waals surface area contributed by atoms with Crippen molar-refractivity contribution in [1.82, 2.24) is 0 Å². The van der Waals surface area contributed by atoms with Crippen LogP contribution < -0.4 is 4.74 Å². The summed E-state index contributed by atoms with van der Waals surface area (Å²) in [6, 6.07) is 1.65. The minimum absolute atomic E-state index is 0.231. The monoisotopic (exact) mass is 280 g/mol. The van der Waals surface area contributed by atoms with Gasteiger partial charge in [0.2, 0.25) is 0 Å². The maximum absolute atomic E-state index is 12.8. The maximum Gasteiger partial charge on any atom is 0.417 e. The Morgan fingerprint density at radius 2 is 2.06 bits per heavy atom. The van der Waals surface area contributed by atoms with Crippen LogP contribution in [-0.4, -0.2) is 25.1 Å². The number of aldehydes is 1. The molecule has 0 unspecified atom stereocenters. The zero-order chi connectivity index (χ0) is 13.9. The van der Waals surface area contributed by atoms with Crippen LogP contribution in [0.1, 0.15) is 26.3 Å². The highest BCUT2D eigenvalue weighted by Crippen LogP contribution is 2.37. The maximum atomic E-state index is 12.8. The number of benzene rings is 1. The Morgan fingerprint density at radius 3 is 2.44 bits per heavy atom. The number of hydrogen-bond donors (Lipinski definition) is 0. The Labute approximate surface area is 105 Å². The van der Waals surface area contributed by atoms with Crippen LogP contribution >= 0.6 is 11.6 Å². The summed E-state index contributed by atoms with van der Waals surface area (Å²) in [5.41, 5.74) is -2.12. The van der Waals surface area contributed by atoms with Crippen molar-refractivity contribution < 1.29 is 27.5 Å². The van der Waals surface area contributed by atoms with E-state index < -0.39 is 29.0 Å². The second-order valence-corrected chi connectivity index (χ2v) is 3.59. The third-order valence-electron chi connectivity index (χ3n) is 2.19. The fraction of sp³-hybridized carbons (Fsp3) is 0.273. The first-order chi connectivity index (χ1) is 8.35. The fourth-order valence-electron chi connectivity index (χ4n) is 1.44. The highest BCUT2D eigenvalue weighted by Gasteiger charge is 2.37. The molecule has 0 aliphatic heterocycles. The third-order valence-corrected chi connectivity index (χ3v) is 2.43. The summed E-state index contributed by atoms with van der Waals surface area (Å²) in [5.74, 6) is -1.85. The zero-order valence-electron chi connectivity index (χ0n) is 9.18. The number of ether oxygens (including phenoxy) is 1. The largest absolute Gasteiger partial charge is 0.496 e. The summed E-state index contributed by atoms with van der Waals surface area (Å²) in [5, 5.41) is 0. The standard InChI is InChI=1S/C11H8ClF3O3/c1-18-9-3-6(5-16)2-7(11(13,14)15)10(9)8(17)4-12/h2-3,5H,4H2,1H3. The number of halogens is 4. The van der Waals surface area contributed by atoms with Crippen molar-refractivity contribution in [3.8, 4) is 5.75 Å². The molecule has 0 bridgehead atoms. The van der Waals surface area contributed by atoms with E-state index in [1.165, 1.54) is 0 Å². The zero-order valence-corrected chi connectivity index (χ0v) is 9.93. The first-order valence-electron chi connectivity index (χ1n) is 4.68. The predicted molar refractivity (Wildman–Crippen MR) is 58.4 cm³/mol. The van der Waals surface area contributed by atoms with Crippen molar-refractivity contribution in [1.29, 1.82) is 0 Å². The van der Waals surface area contributed by atoms with Gasteiger partial charge >= 0.3 is 6.18 Å². The molecule has 0 amide bonds. The first-order valence-corrected chi connectivity index (χ1v) is 5.22. The number of methoxy groups -OCH3 is 1. The SMILES string of the molecule is COc1cc(C=O)cc(C(F)(F)F)c1C(=O)CCl. The summed E-state index contributed by atoms with van der Waals surface area (Å²) in [7, 11) is 1.11. The van der Waals surface area contributed by atoms with Crippen LogP contribution in [0.4, 0.5) is 13.2 Å². The normalized spacial score (nSPS) is 11.2. The van der Waals surface area contributed by atoms with Gasteiger partial charge in [0.05, 0.1) is 24.1 Å². The Kier molecular flexibility index (Phi) is 4.34. The van der Waals surface area contributed by atoms with Crippen LogP contribution in [0.2, 0.25) is 0 Å². The molecule has 0 aliphatic carbocycles. The molecule has 0 heterocycles. The van der Waals surface area contributed by atoms with E-state index in [1.807, 2.05) is 0 Å². The molecule has 0 atom stereocenters. The van der Waals surface area contributed by atoms with Gasteiger partial charge in [0.25, 0.3) is 0 Å². The molecule has 0 aromatic heterocycles. The smallest absolute Gasteiger partial charge is 0.417 e. The number of carbonyl (C=O) groups is 2. The van der Waals surface area contributed by atoms with Crippen LogP contribution in [-0.2, 0) is 6.18 Å². The van der Waals surface area contributed by atoms with Gasteiger partial charge in [0, 0.05) is 5.56 Å². The minimum atomic E-state index is -4.77. The van der Waals surface area contributed by atoms with Gasteiger partial charge in [-0.05, 0) is 12.1 Å². The topological polar surface area (TPSA) is 43.4 Å². The van der Waals surface area contributed by atoms with E-state index in [0.717, 1.165) is 13.2 Å². The molecule has 0 aliphatic rings. The van der Waals surface area contributed by atoms with Gasteiger partial charge in [-0.1, -0.05) is 0 Å². The van der Waals surface area contributed by atoms with Crippen LogP contribution in [0.15, 0.2) is 12.1 Å². The highest BCUT2D eigenvalue weighted by atomic mass is 35.5. The molecule has 3 nitrogen and oxygen atoms in total. The summed E-state index contributed by atoms with van der Waals surface area (Å²) in [6.45, 7) is 0. The van der Waals surface area contributed by atoms with Crippen molar-refractivity contribution in [3.05, 3.63) is 28.8 Å². The molecule has 1 aromatic rings. The number of Topliss-reactive ketones (excluding diaryl/α,β-unsaturated/α-hetero) is 1. The Balaban J connectivity index is 3.62. The van der Waals surface area contributed by atoms with Gasteiger partial charge in [-0.2, -0.15) is 13.2 Å². The molecule has 0 spiro atoms. The van der Waals surface area contributed by atoms with Crippen molar-refractivity contribution in [3.63, 3.8) is 0 Å². The fourth-order valence-corrected chi connectivity index (χ4v) is 1.58. The molecule has 0 radical (unpaired) electrons. The van der Waals surface area contributed by atoms with E-state index in [0.29, 0.717) is 6.07 Å². The lowest BCUT2D eigenvalue weighted by atomic mass is 9.99. The second kappa shape index (κ2) is 5.39. The third kappa shape index (κ3) is 2.81. The minimum Gasteiger partial charge on any atom is -0.496 e. The molecular formula is C11H8ClF3O3. The lowest BCUT2D eigenvalue weighted by molar-refractivity contribution is -0.138. The molecule has 98 valence electrons. The quantitative estimate of drug-likeness (QED) is 0.484. The molecule has 0 N–H and O–H groups in total. The lowest BCUT2D eigenvalue weighted by Gasteiger charge is -2.15. The van der Waals surface area contributed by atoms with Crippen molar-refractivity contribution in [2.75, 3.05) is 13.0 Å². The first kappa shape index (κ1) is 14.5. The number of hydrogen-bond acceptors (Lipinski definition) is 3. The Bertz CT molecular complexity index is 483. The second-order valence-electron chi connectivity index (χ2n) is 3.32. The molecule has 0 fully saturated rings. The van der Waals surface area contributed by atoms with Gasteiger partial charge < -0.3 is 4.74 Å². The van der Waals surface area contributed by atoms with Crippen LogP contribution in [0, 0.1) is 0 Å². The molecule has 1 rings (SSSR count). The van der Waals surface area contributed by atoms with Crippen LogP contribution in [0.5, 0.6) is 5.75 Å². The van der Waals surface area contributed by atoms with E-state index >= 15 is 0 Å². The average Bonchev–Trinajstić information content (AvgIpc) is 2.34. The summed E-state index contributed by atoms with van der Waals surface area (Å²) >= 11 is 5.27. The van der Waals surface area contributed by atoms with Gasteiger partial charge in [0.1, 0.15) is 12.0 Å². The van der Waals surface area contributed by atoms with Crippen molar-refractivity contribution >= 4 is 23.7 Å². The summed E-state index contributed by atoms with van der Waals surface area (Å²) < 4.78 is 43.1. The van der Waals surface area contributed by atoms with E-state index in [9.17, 15) is 22.8 Å². The van der Waals surface area contributed by atoms with E-state index in [-0.39, 0.29) is 17.6 Å². The van der Waals surface area contributed by atoms with Gasteiger partial charge in [-0.25, -0.2) is 0 Å². The van der Waals surface area contributed by atoms with Crippen LogP contribution in [0.3, 0.4) is 0 Å². The lowest BCUT2D eigenvalue weighted by Crippen LogP contribution is -2.16. The van der Waals surface area contributed by atoms with Gasteiger partial charge in [0.15, 0.2) is 5.78 Å². The Hall–Kier alpha value is -1.56. The molecule has 7 heteroatoms. The van der Waals surface area contributed by atoms with Gasteiger partial charge in [-0.15, -0.1) is 11.6 Å². The highest BCUT2D eigenvalue weighted by molar-refractivity contribution is 6.31. The molecule has 1 aromatic carbocycles. The molecule has 18 heavy (non-hydrogen) atoms. The molecular weight excluding hydrogens is 273 g/mol. The molecule has 0 saturated carbocycles. The van der Waals surface area contributed by atoms with Crippen molar-refractivity contribution in [2.24, 2.45) is 0 Å². The van der Waals surface area contributed by atoms with Crippen molar-refractivity contribution in [2.45, 2.75) is 6.18 Å². The van der Waals surface area contributed by atoms with E-state index in [4.69, 9.17) is 16.3 Å². The van der Waals surface area contributed by atoms with Crippen LogP contribution in [0.25, 0.3) is 0 Å². The van der Waals surface area contributed by atoms with Gasteiger partial charge in [-0.3, -0.25) is 9.59 Å². The number of carbonyl (C=O) groups excluding carboxylic acids is 2. The molecule has 0 saturated heterocycles. The number of ketones is 1. The summed E-state index contributed by atoms with van der Waals surface area (Å²) in [6.07, 6.45) is -4.53. The number of rotatable bonds is 4. The average molecular weight is 281 g/mol. The summed E-state index contributed by atoms with van der Waals surface area (Å²) in [4.78, 5) is 22.0. The predicted octanol–water partition coefficient (Wildman–Crippen LogP) is 2.95. The van der Waals surface area contributed by atoms with E-state index in [1.54, 1.807) is 0 Å². The Morgan fingerprint density at radius 1 is 1.44 bits per heavy atom. The van der Waals surface area contributed by atoms with E-state index in [2.05, 4.69) is 0 Å². The number of alkyl halides is 4.